The first-order valence-corrected chi connectivity index (χ1v) is 9.55. The molecule has 0 aromatic heterocycles. The zero-order valence-corrected chi connectivity index (χ0v) is 16.4. The molecule has 1 atom stereocenters. The molecule has 2 amide bonds. The van der Waals surface area contributed by atoms with Gasteiger partial charge in [-0.15, -0.1) is 0 Å². The Hall–Kier alpha value is -2.05. The van der Waals surface area contributed by atoms with E-state index in [1.54, 1.807) is 14.1 Å². The zero-order chi connectivity index (χ0) is 19.1. The van der Waals surface area contributed by atoms with Crippen molar-refractivity contribution in [2.45, 2.75) is 45.1 Å². The van der Waals surface area contributed by atoms with E-state index < -0.39 is 0 Å². The summed E-state index contributed by atoms with van der Waals surface area (Å²) in [5.41, 5.74) is 0.989. The van der Waals surface area contributed by atoms with Crippen molar-refractivity contribution < 1.29 is 9.59 Å². The van der Waals surface area contributed by atoms with Crippen molar-refractivity contribution in [3.8, 4) is 0 Å². The second-order valence-corrected chi connectivity index (χ2v) is 7.66. The van der Waals surface area contributed by atoms with Gasteiger partial charge in [-0.05, 0) is 26.2 Å². The number of amides is 2. The Morgan fingerprint density at radius 1 is 1.23 bits per heavy atom. The van der Waals surface area contributed by atoms with Crippen molar-refractivity contribution >= 4 is 17.8 Å². The highest BCUT2D eigenvalue weighted by molar-refractivity contribution is 5.85. The number of hydrogen-bond acceptors (Lipinski definition) is 3. The second kappa shape index (κ2) is 9.59. The molecule has 146 valence electrons. The molecule has 7 nitrogen and oxygen atoms in total. The van der Waals surface area contributed by atoms with Crippen LogP contribution >= 0.6 is 0 Å². The zero-order valence-electron chi connectivity index (χ0n) is 16.4. The highest BCUT2D eigenvalue weighted by Gasteiger charge is 2.32. The molecule has 0 bridgehead atoms. The van der Waals surface area contributed by atoms with E-state index in [1.165, 1.54) is 17.7 Å². The van der Waals surface area contributed by atoms with Crippen LogP contribution in [-0.4, -0.2) is 73.9 Å². The van der Waals surface area contributed by atoms with Crippen LogP contribution in [0.5, 0.6) is 0 Å². The summed E-state index contributed by atoms with van der Waals surface area (Å²) in [6, 6.07) is 0.159. The first-order chi connectivity index (χ1) is 12.4. The molecule has 26 heavy (non-hydrogen) atoms. The van der Waals surface area contributed by atoms with Gasteiger partial charge < -0.3 is 20.4 Å². The van der Waals surface area contributed by atoms with Crippen LogP contribution in [-0.2, 0) is 9.59 Å². The Balaban J connectivity index is 1.90. The molecule has 2 aliphatic rings. The molecule has 0 spiro atoms. The highest BCUT2D eigenvalue weighted by Crippen LogP contribution is 2.27. The molecule has 2 rings (SSSR count). The maximum Gasteiger partial charge on any atom is 0.243 e. The molecular weight excluding hydrogens is 330 g/mol. The molecule has 1 saturated carbocycles. The molecule has 1 saturated heterocycles. The van der Waals surface area contributed by atoms with Gasteiger partial charge in [0.25, 0.3) is 0 Å². The number of carbonyl (C=O) groups excluding carboxylic acids is 2. The quantitative estimate of drug-likeness (QED) is 0.419. The summed E-state index contributed by atoms with van der Waals surface area (Å²) >= 11 is 0. The summed E-state index contributed by atoms with van der Waals surface area (Å²) in [5, 5.41) is 6.58. The van der Waals surface area contributed by atoms with Crippen molar-refractivity contribution in [2.75, 3.05) is 40.3 Å². The Kier molecular flexibility index (Phi) is 7.48. The fourth-order valence-electron chi connectivity index (χ4n) is 3.38. The van der Waals surface area contributed by atoms with Gasteiger partial charge in [0.2, 0.25) is 11.8 Å². The summed E-state index contributed by atoms with van der Waals surface area (Å²) in [5.74, 6) is 1.08. The van der Waals surface area contributed by atoms with Crippen LogP contribution in [0.1, 0.15) is 39.0 Å². The molecule has 0 aromatic carbocycles. The molecule has 0 aromatic rings. The van der Waals surface area contributed by atoms with Crippen LogP contribution in [0.15, 0.2) is 17.1 Å². The van der Waals surface area contributed by atoms with Crippen molar-refractivity contribution in [3.63, 3.8) is 0 Å². The lowest BCUT2D eigenvalue weighted by atomic mass is 10.1. The molecule has 0 radical (unpaired) electrons. The van der Waals surface area contributed by atoms with Crippen molar-refractivity contribution in [1.82, 2.24) is 20.4 Å². The first-order valence-electron chi connectivity index (χ1n) is 9.55. The number of nitrogens with zero attached hydrogens (tertiary/aromatic N) is 3. The molecule has 1 aliphatic heterocycles. The maximum absolute atomic E-state index is 12.6. The maximum atomic E-state index is 12.6. The molecule has 7 heteroatoms. The van der Waals surface area contributed by atoms with Gasteiger partial charge in [0.1, 0.15) is 6.54 Å². The lowest BCUT2D eigenvalue weighted by Gasteiger charge is -2.22. The Bertz CT molecular complexity index is 552. The van der Waals surface area contributed by atoms with E-state index in [0.717, 1.165) is 31.4 Å². The minimum atomic E-state index is -0.0501. The van der Waals surface area contributed by atoms with Gasteiger partial charge >= 0.3 is 0 Å². The van der Waals surface area contributed by atoms with Gasteiger partial charge in [-0.25, -0.2) is 4.99 Å². The summed E-state index contributed by atoms with van der Waals surface area (Å²) in [7, 11) is 3.44. The van der Waals surface area contributed by atoms with Crippen LogP contribution in [0, 0.1) is 5.92 Å². The summed E-state index contributed by atoms with van der Waals surface area (Å²) in [4.78, 5) is 32.3. The van der Waals surface area contributed by atoms with E-state index >= 15 is 0 Å². The Morgan fingerprint density at radius 2 is 1.92 bits per heavy atom. The van der Waals surface area contributed by atoms with Crippen LogP contribution in [0.3, 0.4) is 0 Å². The predicted octanol–water partition coefficient (Wildman–Crippen LogP) is 0.977. The molecule has 1 unspecified atom stereocenters. The predicted molar refractivity (Wildman–Crippen MR) is 104 cm³/mol. The normalized spacial score (nSPS) is 21.0. The molecular formula is C19H33N5O2. The van der Waals surface area contributed by atoms with Gasteiger partial charge in [-0.3, -0.25) is 9.59 Å². The first kappa shape index (κ1) is 20.3. The van der Waals surface area contributed by atoms with Crippen molar-refractivity contribution in [3.05, 3.63) is 12.2 Å². The van der Waals surface area contributed by atoms with Gasteiger partial charge in [-0.2, -0.15) is 0 Å². The monoisotopic (exact) mass is 363 g/mol. The van der Waals surface area contributed by atoms with E-state index in [2.05, 4.69) is 22.2 Å². The number of likely N-dealkylation sites (tertiary alicyclic amines) is 1. The topological polar surface area (TPSA) is 77.0 Å². The number of guanidine groups is 1. The minimum absolute atomic E-state index is 0.0501. The lowest BCUT2D eigenvalue weighted by Crippen LogP contribution is -2.46. The fraction of sp³-hybridized carbons (Fsp3) is 0.737. The summed E-state index contributed by atoms with van der Waals surface area (Å²) < 4.78 is 0. The standard InChI is InChI=1S/C19H33N5O2/c1-14(2)11-20-19(21-12-17(25)23(3)4)22-16-9-10-24(13-16)18(26)15-7-5-6-8-15/h15-16H,1,5-13H2,2-4H3,(H2,20,21,22). The number of hydrogen-bond donors (Lipinski definition) is 2. The third-order valence-corrected chi connectivity index (χ3v) is 4.97. The van der Waals surface area contributed by atoms with E-state index in [9.17, 15) is 9.59 Å². The van der Waals surface area contributed by atoms with Gasteiger partial charge in [0, 0.05) is 45.7 Å². The van der Waals surface area contributed by atoms with Crippen LogP contribution in [0.2, 0.25) is 0 Å². The number of nitrogens with one attached hydrogen (secondary N) is 2. The van der Waals surface area contributed by atoms with Crippen molar-refractivity contribution in [2.24, 2.45) is 10.9 Å². The average molecular weight is 364 g/mol. The number of rotatable bonds is 6. The van der Waals surface area contributed by atoms with Gasteiger partial charge in [-0.1, -0.05) is 25.0 Å². The van der Waals surface area contributed by atoms with Crippen LogP contribution in [0.25, 0.3) is 0 Å². The number of likely N-dealkylation sites (N-methyl/N-ethyl adjacent to an activating group) is 1. The van der Waals surface area contributed by atoms with E-state index in [-0.39, 0.29) is 24.4 Å². The largest absolute Gasteiger partial charge is 0.353 e. The van der Waals surface area contributed by atoms with E-state index in [4.69, 9.17) is 0 Å². The molecule has 1 heterocycles. The van der Waals surface area contributed by atoms with Gasteiger partial charge in [0.05, 0.1) is 0 Å². The summed E-state index contributed by atoms with van der Waals surface area (Å²) in [6.07, 6.45) is 5.31. The van der Waals surface area contributed by atoms with Gasteiger partial charge in [0.15, 0.2) is 5.96 Å². The van der Waals surface area contributed by atoms with Crippen LogP contribution < -0.4 is 10.6 Å². The molecule has 1 aliphatic carbocycles. The van der Waals surface area contributed by atoms with Crippen LogP contribution in [0.4, 0.5) is 0 Å². The second-order valence-electron chi connectivity index (χ2n) is 7.66. The third-order valence-electron chi connectivity index (χ3n) is 4.97. The molecule has 2 N–H and O–H groups in total. The minimum Gasteiger partial charge on any atom is -0.353 e. The van der Waals surface area contributed by atoms with E-state index in [0.29, 0.717) is 25.0 Å². The third kappa shape index (κ3) is 6.04. The Morgan fingerprint density at radius 3 is 2.54 bits per heavy atom. The number of aliphatic imine (C=N–C) groups is 1. The lowest BCUT2D eigenvalue weighted by molar-refractivity contribution is -0.134. The van der Waals surface area contributed by atoms with Crippen molar-refractivity contribution in [1.29, 1.82) is 0 Å². The number of carbonyl (C=O) groups is 2. The fourth-order valence-corrected chi connectivity index (χ4v) is 3.38. The average Bonchev–Trinajstić information content (AvgIpc) is 3.27. The van der Waals surface area contributed by atoms with E-state index in [1.807, 2.05) is 11.8 Å². The Labute approximate surface area is 156 Å². The highest BCUT2D eigenvalue weighted by atomic mass is 16.2. The molecule has 2 fully saturated rings. The smallest absolute Gasteiger partial charge is 0.243 e. The SMILES string of the molecule is C=C(C)CNC(=NCC(=O)N(C)C)NC1CCN(C(=O)C2CCCC2)C1. The summed E-state index contributed by atoms with van der Waals surface area (Å²) in [6.45, 7) is 8.00.